The number of alkyl halides is 2. The second-order valence-corrected chi connectivity index (χ2v) is 4.84. The minimum atomic E-state index is -3.71. The molecule has 1 unspecified atom stereocenters. The Morgan fingerprint density at radius 2 is 2.00 bits per heavy atom. The van der Waals surface area contributed by atoms with Crippen molar-refractivity contribution < 1.29 is 17.9 Å². The summed E-state index contributed by atoms with van der Waals surface area (Å²) in [5.74, 6) is 0. The first-order chi connectivity index (χ1) is 4.31. The zero-order valence-electron chi connectivity index (χ0n) is 6.23. The molecule has 0 radical (unpaired) electrons. The van der Waals surface area contributed by atoms with E-state index in [2.05, 4.69) is 4.52 Å². The van der Waals surface area contributed by atoms with Crippen LogP contribution in [0.15, 0.2) is 0 Å². The SMILES string of the molecule is CCOP(C)(=O)C(C)(F)F. The summed E-state index contributed by atoms with van der Waals surface area (Å²) in [6.45, 7) is 3.12. The molecule has 0 spiro atoms. The van der Waals surface area contributed by atoms with Gasteiger partial charge in [0.05, 0.1) is 6.61 Å². The van der Waals surface area contributed by atoms with Gasteiger partial charge in [-0.25, -0.2) is 0 Å². The van der Waals surface area contributed by atoms with Crippen LogP contribution >= 0.6 is 7.37 Å². The first kappa shape index (κ1) is 10.0. The van der Waals surface area contributed by atoms with Crippen LogP contribution in [0.1, 0.15) is 13.8 Å². The van der Waals surface area contributed by atoms with Crippen LogP contribution in [0.25, 0.3) is 0 Å². The fourth-order valence-electron chi connectivity index (χ4n) is 0.360. The third kappa shape index (κ3) is 2.35. The van der Waals surface area contributed by atoms with Gasteiger partial charge in [-0.2, -0.15) is 8.78 Å². The molecular weight excluding hydrogens is 161 g/mol. The van der Waals surface area contributed by atoms with Crippen molar-refractivity contribution >= 4 is 7.37 Å². The molecule has 1 atom stereocenters. The third-order valence-corrected chi connectivity index (χ3v) is 3.27. The summed E-state index contributed by atoms with van der Waals surface area (Å²) in [4.78, 5) is 0. The summed E-state index contributed by atoms with van der Waals surface area (Å²) in [6.07, 6.45) is 0. The molecule has 0 saturated carbocycles. The largest absolute Gasteiger partial charge is 0.325 e. The van der Waals surface area contributed by atoms with Crippen LogP contribution in [0.4, 0.5) is 8.78 Å². The van der Waals surface area contributed by atoms with Gasteiger partial charge in [0.1, 0.15) is 0 Å². The van der Waals surface area contributed by atoms with Crippen molar-refractivity contribution in [3.05, 3.63) is 0 Å². The molecule has 0 rings (SSSR count). The molecule has 0 bridgehead atoms. The van der Waals surface area contributed by atoms with Crippen LogP contribution < -0.4 is 0 Å². The molecule has 0 heterocycles. The van der Waals surface area contributed by atoms with Crippen LogP contribution in [0, 0.1) is 0 Å². The smallest absolute Gasteiger partial charge is 0.318 e. The van der Waals surface area contributed by atoms with E-state index in [0.29, 0.717) is 6.92 Å². The lowest BCUT2D eigenvalue weighted by atomic mass is 10.9. The second kappa shape index (κ2) is 2.97. The standard InChI is InChI=1S/C5H11F2O2P/c1-4-9-10(3,8)5(2,6)7/h4H2,1-3H3. The predicted molar refractivity (Wildman–Crippen MR) is 35.8 cm³/mol. The quantitative estimate of drug-likeness (QED) is 0.611. The molecule has 0 aromatic carbocycles. The number of hydrogen-bond acceptors (Lipinski definition) is 2. The molecule has 5 heteroatoms. The Morgan fingerprint density at radius 3 is 2.10 bits per heavy atom. The van der Waals surface area contributed by atoms with E-state index < -0.39 is 13.0 Å². The summed E-state index contributed by atoms with van der Waals surface area (Å²) in [5.41, 5.74) is -3.22. The molecule has 0 N–H and O–H groups in total. The molecular formula is C5H11F2O2P. The highest BCUT2D eigenvalue weighted by Crippen LogP contribution is 2.57. The van der Waals surface area contributed by atoms with E-state index in [1.54, 1.807) is 0 Å². The molecule has 0 aliphatic rings. The third-order valence-electron chi connectivity index (χ3n) is 1.09. The van der Waals surface area contributed by atoms with Crippen molar-refractivity contribution in [3.63, 3.8) is 0 Å². The summed E-state index contributed by atoms with van der Waals surface area (Å²) in [5, 5.41) is 0. The number of hydrogen-bond donors (Lipinski definition) is 0. The highest BCUT2D eigenvalue weighted by Gasteiger charge is 2.42. The topological polar surface area (TPSA) is 26.3 Å². The second-order valence-electron chi connectivity index (χ2n) is 2.11. The molecule has 0 aliphatic heterocycles. The summed E-state index contributed by atoms with van der Waals surface area (Å²) >= 11 is 0. The van der Waals surface area contributed by atoms with Gasteiger partial charge in [0, 0.05) is 13.6 Å². The van der Waals surface area contributed by atoms with Crippen molar-refractivity contribution in [2.24, 2.45) is 0 Å². The Morgan fingerprint density at radius 1 is 1.60 bits per heavy atom. The molecule has 10 heavy (non-hydrogen) atoms. The van der Waals surface area contributed by atoms with Gasteiger partial charge in [-0.3, -0.25) is 4.57 Å². The molecule has 0 aromatic heterocycles. The Bertz CT molecular complexity index is 152. The summed E-state index contributed by atoms with van der Waals surface area (Å²) in [6, 6.07) is 0. The predicted octanol–water partition coefficient (Wildman–Crippen LogP) is 2.54. The molecule has 0 aliphatic carbocycles. The lowest BCUT2D eigenvalue weighted by molar-refractivity contribution is 0.0905. The van der Waals surface area contributed by atoms with Gasteiger partial charge in [-0.15, -0.1) is 0 Å². The van der Waals surface area contributed by atoms with E-state index in [1.807, 2.05) is 0 Å². The zero-order chi connectivity index (χ0) is 8.41. The van der Waals surface area contributed by atoms with Gasteiger partial charge >= 0.3 is 5.66 Å². The van der Waals surface area contributed by atoms with Crippen molar-refractivity contribution in [1.82, 2.24) is 0 Å². The molecule has 2 nitrogen and oxygen atoms in total. The van der Waals surface area contributed by atoms with E-state index >= 15 is 0 Å². The first-order valence-corrected chi connectivity index (χ1v) is 4.98. The molecule has 62 valence electrons. The Labute approximate surface area is 59.0 Å². The van der Waals surface area contributed by atoms with Crippen LogP contribution in [0.2, 0.25) is 0 Å². The van der Waals surface area contributed by atoms with Crippen LogP contribution in [0.3, 0.4) is 0 Å². The average molecular weight is 172 g/mol. The minimum Gasteiger partial charge on any atom is -0.325 e. The maximum absolute atomic E-state index is 12.3. The van der Waals surface area contributed by atoms with E-state index in [4.69, 9.17) is 0 Å². The highest BCUT2D eigenvalue weighted by molar-refractivity contribution is 7.59. The van der Waals surface area contributed by atoms with Crippen molar-refractivity contribution in [2.75, 3.05) is 13.3 Å². The average Bonchev–Trinajstić information content (AvgIpc) is 1.61. The Kier molecular flexibility index (Phi) is 2.99. The molecule has 0 fully saturated rings. The molecule has 0 aromatic rings. The Balaban J connectivity index is 4.26. The molecule has 0 saturated heterocycles. The van der Waals surface area contributed by atoms with E-state index in [1.165, 1.54) is 6.92 Å². The van der Waals surface area contributed by atoms with Crippen LogP contribution in [-0.4, -0.2) is 18.9 Å². The number of rotatable bonds is 3. The monoisotopic (exact) mass is 172 g/mol. The van der Waals surface area contributed by atoms with Crippen molar-refractivity contribution in [2.45, 2.75) is 19.5 Å². The summed E-state index contributed by atoms with van der Waals surface area (Å²) in [7, 11) is -3.71. The van der Waals surface area contributed by atoms with Gasteiger partial charge in [0.15, 0.2) is 0 Å². The van der Waals surface area contributed by atoms with Gasteiger partial charge in [-0.05, 0) is 6.92 Å². The Hall–Kier alpha value is 0.0500. The lowest BCUT2D eigenvalue weighted by Gasteiger charge is -2.18. The first-order valence-electron chi connectivity index (χ1n) is 2.91. The fourth-order valence-corrected chi connectivity index (χ4v) is 1.08. The minimum absolute atomic E-state index is 0.0528. The van der Waals surface area contributed by atoms with Crippen molar-refractivity contribution in [1.29, 1.82) is 0 Å². The zero-order valence-corrected chi connectivity index (χ0v) is 7.12. The van der Waals surface area contributed by atoms with Gasteiger partial charge < -0.3 is 4.52 Å². The van der Waals surface area contributed by atoms with E-state index in [0.717, 1.165) is 6.66 Å². The van der Waals surface area contributed by atoms with Crippen LogP contribution in [-0.2, 0) is 9.09 Å². The maximum Gasteiger partial charge on any atom is 0.318 e. The number of halogens is 2. The van der Waals surface area contributed by atoms with Crippen LogP contribution in [0.5, 0.6) is 0 Å². The fraction of sp³-hybridized carbons (Fsp3) is 1.00. The maximum atomic E-state index is 12.3. The summed E-state index contributed by atoms with van der Waals surface area (Å²) < 4.78 is 39.9. The van der Waals surface area contributed by atoms with Gasteiger partial charge in [-0.1, -0.05) is 0 Å². The van der Waals surface area contributed by atoms with E-state index in [-0.39, 0.29) is 6.61 Å². The highest BCUT2D eigenvalue weighted by atomic mass is 31.2. The van der Waals surface area contributed by atoms with Crippen molar-refractivity contribution in [3.8, 4) is 0 Å². The van der Waals surface area contributed by atoms with E-state index in [9.17, 15) is 13.3 Å². The molecule has 0 amide bonds. The normalized spacial score (nSPS) is 18.5. The lowest BCUT2D eigenvalue weighted by Crippen LogP contribution is -2.11. The van der Waals surface area contributed by atoms with Gasteiger partial charge in [0.2, 0.25) is 0 Å². The van der Waals surface area contributed by atoms with Gasteiger partial charge in [0.25, 0.3) is 7.37 Å².